The molecule has 6 heteroatoms. The molecule has 0 atom stereocenters. The Balaban J connectivity index is 2.34. The topological polar surface area (TPSA) is 70.6 Å². The summed E-state index contributed by atoms with van der Waals surface area (Å²) in [5, 5.41) is 6.51. The molecule has 0 bridgehead atoms. The van der Waals surface area contributed by atoms with Crippen LogP contribution in [0.1, 0.15) is 25.8 Å². The van der Waals surface area contributed by atoms with Gasteiger partial charge in [-0.25, -0.2) is 5.43 Å². The van der Waals surface area contributed by atoms with Crippen LogP contribution in [0, 0.1) is 5.92 Å². The lowest BCUT2D eigenvalue weighted by molar-refractivity contribution is -0.129. The molecule has 5 nitrogen and oxygen atoms in total. The number of nitrogens with one attached hydrogen (secondary N) is 2. The second-order valence-corrected chi connectivity index (χ2v) is 5.82. The van der Waals surface area contributed by atoms with Gasteiger partial charge in [0, 0.05) is 11.4 Å². The molecule has 0 aliphatic carbocycles. The summed E-state index contributed by atoms with van der Waals surface area (Å²) in [5.74, 6) is -0.353. The zero-order valence-electron chi connectivity index (χ0n) is 12.6. The number of carbonyl (C=O) groups excluding carboxylic acids is 2. The Bertz CT molecular complexity index is 498. The number of hydrogen-bond acceptors (Lipinski definition) is 4. The minimum absolute atomic E-state index is 0.213. The van der Waals surface area contributed by atoms with E-state index >= 15 is 0 Å². The summed E-state index contributed by atoms with van der Waals surface area (Å²) in [6.45, 7) is 4.55. The van der Waals surface area contributed by atoms with Gasteiger partial charge in [0.2, 0.25) is 11.8 Å². The van der Waals surface area contributed by atoms with E-state index in [-0.39, 0.29) is 12.3 Å². The highest BCUT2D eigenvalue weighted by Gasteiger charge is 2.08. The first-order valence-electron chi connectivity index (χ1n) is 6.74. The van der Waals surface area contributed by atoms with Gasteiger partial charge in [-0.1, -0.05) is 26.0 Å². The van der Waals surface area contributed by atoms with Gasteiger partial charge >= 0.3 is 0 Å². The Hall–Kier alpha value is -1.82. The Morgan fingerprint density at radius 1 is 1.24 bits per heavy atom. The van der Waals surface area contributed by atoms with Crippen molar-refractivity contribution in [1.29, 1.82) is 0 Å². The van der Waals surface area contributed by atoms with Crippen molar-refractivity contribution in [3.05, 3.63) is 29.8 Å². The van der Waals surface area contributed by atoms with Crippen molar-refractivity contribution in [3.63, 3.8) is 0 Å². The molecule has 0 unspecified atom stereocenters. The summed E-state index contributed by atoms with van der Waals surface area (Å²) >= 11 is 1.66. The van der Waals surface area contributed by atoms with Gasteiger partial charge in [-0.15, -0.1) is 11.8 Å². The molecule has 0 aromatic heterocycles. The molecule has 0 aliphatic heterocycles. The molecular formula is C15H21N3O2S. The molecule has 0 saturated heterocycles. The molecule has 114 valence electrons. The van der Waals surface area contributed by atoms with E-state index in [1.807, 2.05) is 44.4 Å². The molecule has 0 radical (unpaired) electrons. The van der Waals surface area contributed by atoms with Gasteiger partial charge in [0.05, 0.1) is 6.21 Å². The van der Waals surface area contributed by atoms with E-state index in [4.69, 9.17) is 0 Å². The molecule has 2 amide bonds. The summed E-state index contributed by atoms with van der Waals surface area (Å²) < 4.78 is 0. The third kappa shape index (κ3) is 7.51. The predicted octanol–water partition coefficient (Wildman–Crippen LogP) is 2.02. The van der Waals surface area contributed by atoms with Crippen molar-refractivity contribution in [2.75, 3.05) is 12.8 Å². The Morgan fingerprint density at radius 2 is 1.90 bits per heavy atom. The highest BCUT2D eigenvalue weighted by atomic mass is 32.2. The Morgan fingerprint density at radius 3 is 2.48 bits per heavy atom. The van der Waals surface area contributed by atoms with E-state index < -0.39 is 5.91 Å². The molecular weight excluding hydrogens is 286 g/mol. The van der Waals surface area contributed by atoms with E-state index in [1.165, 1.54) is 0 Å². The van der Waals surface area contributed by atoms with Crippen LogP contribution in [0.3, 0.4) is 0 Å². The zero-order valence-corrected chi connectivity index (χ0v) is 13.4. The summed E-state index contributed by atoms with van der Waals surface area (Å²) in [6, 6.07) is 7.79. The second-order valence-electron chi connectivity index (χ2n) is 4.94. The van der Waals surface area contributed by atoms with Gasteiger partial charge in [0.1, 0.15) is 6.42 Å². The molecule has 1 aromatic rings. The van der Waals surface area contributed by atoms with Crippen LogP contribution < -0.4 is 10.7 Å². The highest BCUT2D eigenvalue weighted by molar-refractivity contribution is 7.98. The van der Waals surface area contributed by atoms with Gasteiger partial charge in [-0.05, 0) is 29.9 Å². The van der Waals surface area contributed by atoms with Crippen LogP contribution in [-0.4, -0.2) is 30.8 Å². The fourth-order valence-corrected chi connectivity index (χ4v) is 1.84. The van der Waals surface area contributed by atoms with Crippen LogP contribution in [0.5, 0.6) is 0 Å². The normalized spacial score (nSPS) is 10.9. The quantitative estimate of drug-likeness (QED) is 0.350. The number of hydrogen-bond donors (Lipinski definition) is 2. The molecule has 2 N–H and O–H groups in total. The zero-order chi connectivity index (χ0) is 15.7. The first-order valence-corrected chi connectivity index (χ1v) is 7.96. The number of rotatable bonds is 7. The van der Waals surface area contributed by atoms with Crippen molar-refractivity contribution in [1.82, 2.24) is 10.7 Å². The summed E-state index contributed by atoms with van der Waals surface area (Å²) in [6.07, 6.45) is 3.34. The van der Waals surface area contributed by atoms with Crippen LogP contribution >= 0.6 is 11.8 Å². The second kappa shape index (κ2) is 9.18. The lowest BCUT2D eigenvalue weighted by atomic mass is 10.2. The summed E-state index contributed by atoms with van der Waals surface area (Å²) in [5.41, 5.74) is 3.23. The first kappa shape index (κ1) is 17.2. The number of carbonyl (C=O) groups is 2. The van der Waals surface area contributed by atoms with Crippen LogP contribution in [-0.2, 0) is 9.59 Å². The monoisotopic (exact) mass is 307 g/mol. The van der Waals surface area contributed by atoms with Crippen LogP contribution in [0.15, 0.2) is 34.3 Å². The number of amides is 2. The van der Waals surface area contributed by atoms with Crippen molar-refractivity contribution in [3.8, 4) is 0 Å². The number of hydrazone groups is 1. The molecule has 0 heterocycles. The fraction of sp³-hybridized carbons (Fsp3) is 0.400. The van der Waals surface area contributed by atoms with Gasteiger partial charge in [-0.3, -0.25) is 9.59 Å². The first-order chi connectivity index (χ1) is 10.0. The maximum Gasteiger partial charge on any atom is 0.249 e. The summed E-state index contributed by atoms with van der Waals surface area (Å²) in [4.78, 5) is 24.1. The van der Waals surface area contributed by atoms with Gasteiger partial charge in [0.15, 0.2) is 0 Å². The van der Waals surface area contributed by atoms with E-state index in [0.29, 0.717) is 12.5 Å². The Kier molecular flexibility index (Phi) is 7.53. The van der Waals surface area contributed by atoms with E-state index in [1.54, 1.807) is 18.0 Å². The standard InChI is InChI=1S/C15H21N3O2S/c1-11(2)9-16-14(19)8-15(20)18-17-10-12-4-6-13(21-3)7-5-12/h4-7,10-11H,8-9H2,1-3H3,(H,16,19)(H,18,20)/b17-10+. The number of nitrogens with zero attached hydrogens (tertiary/aromatic N) is 1. The SMILES string of the molecule is CSc1ccc(/C=N/NC(=O)CC(=O)NCC(C)C)cc1. The van der Waals surface area contributed by atoms with Gasteiger partial charge in [-0.2, -0.15) is 5.10 Å². The maximum atomic E-state index is 11.5. The van der Waals surface area contributed by atoms with Gasteiger partial charge < -0.3 is 5.32 Å². The van der Waals surface area contributed by atoms with Crippen molar-refractivity contribution in [2.24, 2.45) is 11.0 Å². The minimum Gasteiger partial charge on any atom is -0.355 e. The maximum absolute atomic E-state index is 11.5. The van der Waals surface area contributed by atoms with Crippen LogP contribution in [0.4, 0.5) is 0 Å². The van der Waals surface area contributed by atoms with Crippen LogP contribution in [0.2, 0.25) is 0 Å². The highest BCUT2D eigenvalue weighted by Crippen LogP contribution is 2.13. The molecule has 21 heavy (non-hydrogen) atoms. The third-order valence-corrected chi connectivity index (χ3v) is 3.29. The third-order valence-electron chi connectivity index (χ3n) is 2.55. The van der Waals surface area contributed by atoms with Crippen molar-refractivity contribution >= 4 is 29.8 Å². The average Bonchev–Trinajstić information content (AvgIpc) is 2.46. The van der Waals surface area contributed by atoms with Gasteiger partial charge in [0.25, 0.3) is 0 Å². The summed E-state index contributed by atoms with van der Waals surface area (Å²) in [7, 11) is 0. The molecule has 0 spiro atoms. The van der Waals surface area contributed by atoms with Crippen molar-refractivity contribution in [2.45, 2.75) is 25.2 Å². The number of benzene rings is 1. The number of thioether (sulfide) groups is 1. The van der Waals surface area contributed by atoms with E-state index in [9.17, 15) is 9.59 Å². The van der Waals surface area contributed by atoms with E-state index in [2.05, 4.69) is 15.8 Å². The van der Waals surface area contributed by atoms with E-state index in [0.717, 1.165) is 10.5 Å². The van der Waals surface area contributed by atoms with Crippen LogP contribution in [0.25, 0.3) is 0 Å². The smallest absolute Gasteiger partial charge is 0.249 e. The molecule has 1 rings (SSSR count). The molecule has 1 aromatic carbocycles. The molecule has 0 fully saturated rings. The minimum atomic E-state index is -0.423. The largest absolute Gasteiger partial charge is 0.355 e. The molecule has 0 aliphatic rings. The fourth-order valence-electron chi connectivity index (χ4n) is 1.43. The van der Waals surface area contributed by atoms with Crippen molar-refractivity contribution < 1.29 is 9.59 Å². The lowest BCUT2D eigenvalue weighted by Gasteiger charge is -2.06. The average molecular weight is 307 g/mol. The predicted molar refractivity (Wildman–Crippen MR) is 86.4 cm³/mol. The molecule has 0 saturated carbocycles. The lowest BCUT2D eigenvalue weighted by Crippen LogP contribution is -2.32. The Labute approximate surface area is 129 Å².